The summed E-state index contributed by atoms with van der Waals surface area (Å²) in [4.78, 5) is 12.1. The quantitative estimate of drug-likeness (QED) is 0.833. The van der Waals surface area contributed by atoms with Crippen LogP contribution >= 0.6 is 0 Å². The molecule has 18 heavy (non-hydrogen) atoms. The fraction of sp³-hybridized carbons (Fsp3) is 0.429. The van der Waals surface area contributed by atoms with Crippen LogP contribution in [0.25, 0.3) is 0 Å². The first-order chi connectivity index (χ1) is 8.61. The van der Waals surface area contributed by atoms with Gasteiger partial charge in [-0.2, -0.15) is 5.26 Å². The van der Waals surface area contributed by atoms with Gasteiger partial charge >= 0.3 is 0 Å². The molecule has 0 heterocycles. The number of nitrogens with two attached hydrogens (primary N) is 1. The Morgan fingerprint density at radius 1 is 1.50 bits per heavy atom. The summed E-state index contributed by atoms with van der Waals surface area (Å²) in [6.07, 6.45) is 2.47. The van der Waals surface area contributed by atoms with Gasteiger partial charge in [0.2, 0.25) is 5.91 Å². The third-order valence-electron chi connectivity index (χ3n) is 3.49. The lowest BCUT2D eigenvalue weighted by molar-refractivity contribution is -0.119. The molecule has 1 amide bonds. The predicted molar refractivity (Wildman–Crippen MR) is 69.8 cm³/mol. The lowest BCUT2D eigenvalue weighted by atomic mass is 10.0. The van der Waals surface area contributed by atoms with Gasteiger partial charge in [-0.15, -0.1) is 0 Å². The van der Waals surface area contributed by atoms with E-state index in [1.807, 2.05) is 19.1 Å². The van der Waals surface area contributed by atoms with Crippen LogP contribution in [0.3, 0.4) is 0 Å². The Morgan fingerprint density at radius 3 is 2.89 bits per heavy atom. The Hall–Kier alpha value is -1.86. The van der Waals surface area contributed by atoms with Gasteiger partial charge in [0.25, 0.3) is 0 Å². The molecule has 1 aromatic carbocycles. The van der Waals surface area contributed by atoms with Gasteiger partial charge in [-0.1, -0.05) is 12.1 Å². The number of rotatable bonds is 2. The van der Waals surface area contributed by atoms with Crippen molar-refractivity contribution in [3.05, 3.63) is 29.3 Å². The molecule has 0 aromatic heterocycles. The zero-order valence-corrected chi connectivity index (χ0v) is 10.4. The van der Waals surface area contributed by atoms with Gasteiger partial charge in [-0.05, 0) is 37.8 Å². The molecule has 0 radical (unpaired) electrons. The number of nitrogens with zero attached hydrogens (tertiary/aromatic N) is 1. The smallest absolute Gasteiger partial charge is 0.227 e. The summed E-state index contributed by atoms with van der Waals surface area (Å²) in [6, 6.07) is 7.72. The van der Waals surface area contributed by atoms with Crippen LogP contribution in [0, 0.1) is 24.2 Å². The van der Waals surface area contributed by atoms with Crippen molar-refractivity contribution in [1.82, 2.24) is 0 Å². The molecule has 4 nitrogen and oxygen atoms in total. The SMILES string of the molecule is Cc1cccc(NC(=O)C2CCC(N)C2)c1C#N. The van der Waals surface area contributed by atoms with E-state index in [9.17, 15) is 4.79 Å². The minimum atomic E-state index is -0.0231. The molecule has 94 valence electrons. The second-order valence-electron chi connectivity index (χ2n) is 4.87. The van der Waals surface area contributed by atoms with Crippen LogP contribution in [0.4, 0.5) is 5.69 Å². The second-order valence-corrected chi connectivity index (χ2v) is 4.87. The molecule has 0 aliphatic heterocycles. The molecule has 1 aromatic rings. The van der Waals surface area contributed by atoms with Crippen molar-refractivity contribution < 1.29 is 4.79 Å². The van der Waals surface area contributed by atoms with E-state index in [1.165, 1.54) is 0 Å². The third kappa shape index (κ3) is 2.52. The van der Waals surface area contributed by atoms with Crippen LogP contribution in [-0.4, -0.2) is 11.9 Å². The van der Waals surface area contributed by atoms with Crippen molar-refractivity contribution in [2.45, 2.75) is 32.2 Å². The summed E-state index contributed by atoms with van der Waals surface area (Å²) in [7, 11) is 0. The first-order valence-electron chi connectivity index (χ1n) is 6.18. The van der Waals surface area contributed by atoms with Gasteiger partial charge in [-0.3, -0.25) is 4.79 Å². The largest absolute Gasteiger partial charge is 0.328 e. The van der Waals surface area contributed by atoms with E-state index in [4.69, 9.17) is 11.0 Å². The summed E-state index contributed by atoms with van der Waals surface area (Å²) in [5.41, 5.74) is 7.81. The molecule has 1 aliphatic rings. The number of aryl methyl sites for hydroxylation is 1. The maximum absolute atomic E-state index is 12.1. The number of anilines is 1. The highest BCUT2D eigenvalue weighted by Gasteiger charge is 2.28. The maximum atomic E-state index is 12.1. The van der Waals surface area contributed by atoms with Crippen LogP contribution < -0.4 is 11.1 Å². The van der Waals surface area contributed by atoms with E-state index >= 15 is 0 Å². The highest BCUT2D eigenvalue weighted by Crippen LogP contribution is 2.26. The molecule has 1 fully saturated rings. The van der Waals surface area contributed by atoms with E-state index in [1.54, 1.807) is 6.07 Å². The van der Waals surface area contributed by atoms with Crippen LogP contribution in [-0.2, 0) is 4.79 Å². The second kappa shape index (κ2) is 5.19. The topological polar surface area (TPSA) is 78.9 Å². The van der Waals surface area contributed by atoms with Gasteiger partial charge in [0.1, 0.15) is 6.07 Å². The van der Waals surface area contributed by atoms with Crippen LogP contribution in [0.15, 0.2) is 18.2 Å². The molecule has 1 saturated carbocycles. The van der Waals surface area contributed by atoms with Gasteiger partial charge in [0.15, 0.2) is 0 Å². The van der Waals surface area contributed by atoms with Gasteiger partial charge in [0, 0.05) is 12.0 Å². The van der Waals surface area contributed by atoms with E-state index in [2.05, 4.69) is 11.4 Å². The highest BCUT2D eigenvalue weighted by atomic mass is 16.1. The molecule has 2 unspecified atom stereocenters. The molecule has 0 bridgehead atoms. The summed E-state index contributed by atoms with van der Waals surface area (Å²) < 4.78 is 0. The van der Waals surface area contributed by atoms with Crippen LogP contribution in [0.5, 0.6) is 0 Å². The van der Waals surface area contributed by atoms with Gasteiger partial charge in [0.05, 0.1) is 11.3 Å². The summed E-state index contributed by atoms with van der Waals surface area (Å²) in [5, 5.41) is 11.9. The van der Waals surface area contributed by atoms with Crippen LogP contribution in [0.2, 0.25) is 0 Å². The number of benzene rings is 1. The Kier molecular flexibility index (Phi) is 3.63. The third-order valence-corrected chi connectivity index (χ3v) is 3.49. The lowest BCUT2D eigenvalue weighted by Crippen LogP contribution is -2.23. The van der Waals surface area contributed by atoms with E-state index in [0.717, 1.165) is 24.8 Å². The minimum absolute atomic E-state index is 0.0212. The Balaban J connectivity index is 2.13. The van der Waals surface area contributed by atoms with Gasteiger partial charge in [-0.25, -0.2) is 0 Å². The number of amides is 1. The van der Waals surface area contributed by atoms with E-state index in [-0.39, 0.29) is 17.9 Å². The molecule has 2 rings (SSSR count). The molecule has 0 saturated heterocycles. The molecule has 2 atom stereocenters. The zero-order chi connectivity index (χ0) is 13.1. The maximum Gasteiger partial charge on any atom is 0.227 e. The number of hydrogen-bond donors (Lipinski definition) is 2. The zero-order valence-electron chi connectivity index (χ0n) is 10.4. The Labute approximate surface area is 107 Å². The van der Waals surface area contributed by atoms with E-state index in [0.29, 0.717) is 11.3 Å². The summed E-state index contributed by atoms with van der Waals surface area (Å²) in [6.45, 7) is 1.86. The fourth-order valence-corrected chi connectivity index (χ4v) is 2.41. The molecule has 0 spiro atoms. The summed E-state index contributed by atoms with van der Waals surface area (Å²) in [5.74, 6) is -0.0443. The predicted octanol–water partition coefficient (Wildman–Crippen LogP) is 1.93. The number of carbonyl (C=O) groups excluding carboxylic acids is 1. The number of hydrogen-bond acceptors (Lipinski definition) is 3. The lowest BCUT2D eigenvalue weighted by Gasteiger charge is -2.12. The number of nitrogens with one attached hydrogen (secondary N) is 1. The standard InChI is InChI=1S/C14H17N3O/c1-9-3-2-4-13(12(9)8-15)17-14(18)10-5-6-11(16)7-10/h2-4,10-11H,5-7,16H2,1H3,(H,17,18). The van der Waals surface area contributed by atoms with Crippen molar-refractivity contribution in [3.63, 3.8) is 0 Å². The van der Waals surface area contributed by atoms with E-state index < -0.39 is 0 Å². The molecule has 3 N–H and O–H groups in total. The number of nitriles is 1. The average molecular weight is 243 g/mol. The fourth-order valence-electron chi connectivity index (χ4n) is 2.41. The Bertz CT molecular complexity index is 504. The summed E-state index contributed by atoms with van der Waals surface area (Å²) >= 11 is 0. The van der Waals surface area contributed by atoms with Crippen molar-refractivity contribution >= 4 is 11.6 Å². The molecular weight excluding hydrogens is 226 g/mol. The minimum Gasteiger partial charge on any atom is -0.328 e. The first kappa shape index (κ1) is 12.6. The molecule has 4 heteroatoms. The van der Waals surface area contributed by atoms with Crippen LogP contribution in [0.1, 0.15) is 30.4 Å². The normalized spacial score (nSPS) is 22.5. The van der Waals surface area contributed by atoms with Crippen molar-refractivity contribution in [1.29, 1.82) is 5.26 Å². The first-order valence-corrected chi connectivity index (χ1v) is 6.18. The van der Waals surface area contributed by atoms with Crippen molar-refractivity contribution in [3.8, 4) is 6.07 Å². The monoisotopic (exact) mass is 243 g/mol. The highest BCUT2D eigenvalue weighted by molar-refractivity contribution is 5.94. The molecular formula is C14H17N3O. The molecule has 1 aliphatic carbocycles. The van der Waals surface area contributed by atoms with Gasteiger partial charge < -0.3 is 11.1 Å². The average Bonchev–Trinajstić information content (AvgIpc) is 2.76. The van der Waals surface area contributed by atoms with Crippen molar-refractivity contribution in [2.24, 2.45) is 11.7 Å². The Morgan fingerprint density at radius 2 is 2.28 bits per heavy atom. The number of carbonyl (C=O) groups is 1. The van der Waals surface area contributed by atoms with Crippen molar-refractivity contribution in [2.75, 3.05) is 5.32 Å².